The average Bonchev–Trinajstić information content (AvgIpc) is 3.29. The lowest BCUT2D eigenvalue weighted by Crippen LogP contribution is -2.28. The van der Waals surface area contributed by atoms with Crippen molar-refractivity contribution in [3.8, 4) is 17.0 Å². The van der Waals surface area contributed by atoms with Crippen LogP contribution in [-0.2, 0) is 12.5 Å². The predicted octanol–water partition coefficient (Wildman–Crippen LogP) is 7.31. The van der Waals surface area contributed by atoms with Gasteiger partial charge >= 0.3 is 0 Å². The van der Waals surface area contributed by atoms with E-state index < -0.39 is 5.41 Å². The zero-order valence-corrected chi connectivity index (χ0v) is 20.6. The van der Waals surface area contributed by atoms with E-state index in [0.717, 1.165) is 38.9 Å². The van der Waals surface area contributed by atoms with Crippen LogP contribution in [0.1, 0.15) is 23.7 Å². The average molecular weight is 488 g/mol. The summed E-state index contributed by atoms with van der Waals surface area (Å²) in [6.45, 7) is 2.21. The van der Waals surface area contributed by atoms with Gasteiger partial charge in [-0.3, -0.25) is 0 Å². The summed E-state index contributed by atoms with van der Waals surface area (Å²) in [6, 6.07) is 24.2. The summed E-state index contributed by atoms with van der Waals surface area (Å²) in [6.07, 6.45) is 3.75. The summed E-state index contributed by atoms with van der Waals surface area (Å²) >= 11 is 12.6. The van der Waals surface area contributed by atoms with Crippen LogP contribution >= 0.6 is 23.2 Å². The van der Waals surface area contributed by atoms with Crippen LogP contribution in [0.2, 0.25) is 10.0 Å². The fourth-order valence-electron chi connectivity index (χ4n) is 4.60. The summed E-state index contributed by atoms with van der Waals surface area (Å²) in [5.74, 6) is 0.558. The van der Waals surface area contributed by atoms with E-state index in [1.54, 1.807) is 7.11 Å². The van der Waals surface area contributed by atoms with Gasteiger partial charge in [-0.15, -0.1) is 0 Å². The van der Waals surface area contributed by atoms with Crippen LogP contribution in [0.4, 0.5) is 0 Å². The van der Waals surface area contributed by atoms with Crippen LogP contribution in [0.15, 0.2) is 85.3 Å². The van der Waals surface area contributed by atoms with Crippen molar-refractivity contribution in [2.75, 3.05) is 7.11 Å². The molecule has 0 fully saturated rings. The lowest BCUT2D eigenvalue weighted by atomic mass is 9.73. The normalized spacial score (nSPS) is 13.1. The first-order valence-electron chi connectivity index (χ1n) is 10.9. The van der Waals surface area contributed by atoms with Gasteiger partial charge in [-0.25, -0.2) is 9.97 Å². The van der Waals surface area contributed by atoms with Gasteiger partial charge in [0.1, 0.15) is 0 Å². The number of ether oxygens (including phenoxy) is 1. The first-order chi connectivity index (χ1) is 16.4. The smallest absolute Gasteiger partial charge is 0.214 e. The number of rotatable bonds is 5. The molecule has 1 unspecified atom stereocenters. The molecule has 4 nitrogen and oxygen atoms in total. The number of pyridine rings is 1. The molecule has 34 heavy (non-hydrogen) atoms. The highest BCUT2D eigenvalue weighted by Gasteiger charge is 2.34. The van der Waals surface area contributed by atoms with Crippen LogP contribution in [-0.4, -0.2) is 21.6 Å². The number of halogens is 2. The lowest BCUT2D eigenvalue weighted by molar-refractivity contribution is 0.400. The minimum Gasteiger partial charge on any atom is -0.481 e. The largest absolute Gasteiger partial charge is 0.481 e. The number of aromatic nitrogens is 3. The van der Waals surface area contributed by atoms with Crippen molar-refractivity contribution in [1.29, 1.82) is 0 Å². The molecule has 3 aromatic carbocycles. The molecule has 0 bridgehead atoms. The molecule has 0 aliphatic carbocycles. The summed E-state index contributed by atoms with van der Waals surface area (Å²) in [5.41, 5.74) is 5.68. The zero-order chi connectivity index (χ0) is 23.9. The molecule has 2 aromatic heterocycles. The third-order valence-electron chi connectivity index (χ3n) is 6.46. The van der Waals surface area contributed by atoms with Crippen molar-refractivity contribution in [3.05, 3.63) is 112 Å². The Hall–Kier alpha value is -3.34. The number of benzene rings is 3. The third-order valence-corrected chi connectivity index (χ3v) is 6.94. The molecule has 0 spiro atoms. The van der Waals surface area contributed by atoms with Crippen LogP contribution in [0.25, 0.3) is 22.0 Å². The van der Waals surface area contributed by atoms with E-state index in [-0.39, 0.29) is 0 Å². The van der Waals surface area contributed by atoms with Gasteiger partial charge in [0.25, 0.3) is 0 Å². The summed E-state index contributed by atoms with van der Waals surface area (Å²) in [7, 11) is 3.64. The molecule has 0 saturated heterocycles. The minimum absolute atomic E-state index is 0.477. The highest BCUT2D eigenvalue weighted by molar-refractivity contribution is 6.31. The third kappa shape index (κ3) is 3.83. The van der Waals surface area contributed by atoms with Crippen LogP contribution < -0.4 is 4.74 Å². The van der Waals surface area contributed by atoms with E-state index >= 15 is 0 Å². The van der Waals surface area contributed by atoms with Gasteiger partial charge < -0.3 is 9.30 Å². The number of nitrogens with zero attached hydrogens (tertiary/aromatic N) is 3. The fraction of sp³-hybridized carbons (Fsp3) is 0.143. The van der Waals surface area contributed by atoms with Crippen molar-refractivity contribution in [1.82, 2.24) is 14.5 Å². The van der Waals surface area contributed by atoms with Gasteiger partial charge in [-0.2, -0.15) is 0 Å². The Balaban J connectivity index is 1.80. The Morgan fingerprint density at radius 3 is 2.32 bits per heavy atom. The Bertz CT molecular complexity index is 1490. The summed E-state index contributed by atoms with van der Waals surface area (Å²) in [4.78, 5) is 9.11. The molecule has 1 atom stereocenters. The van der Waals surface area contributed by atoms with E-state index in [1.807, 2.05) is 68.1 Å². The maximum absolute atomic E-state index is 6.33. The molecule has 0 aliphatic heterocycles. The highest BCUT2D eigenvalue weighted by atomic mass is 35.5. The number of hydrogen-bond donors (Lipinski definition) is 0. The zero-order valence-electron chi connectivity index (χ0n) is 19.1. The Morgan fingerprint density at radius 2 is 1.65 bits per heavy atom. The maximum Gasteiger partial charge on any atom is 0.214 e. The lowest BCUT2D eigenvalue weighted by Gasteiger charge is -2.32. The number of methoxy groups -OCH3 is 1. The molecule has 0 saturated carbocycles. The second kappa shape index (κ2) is 8.79. The number of hydrogen-bond acceptors (Lipinski definition) is 3. The van der Waals surface area contributed by atoms with Crippen LogP contribution in [0.3, 0.4) is 0 Å². The molecule has 5 rings (SSSR count). The quantitative estimate of drug-likeness (QED) is 0.261. The number of imidazole rings is 1. The van der Waals surface area contributed by atoms with Gasteiger partial charge in [-0.1, -0.05) is 53.5 Å². The van der Waals surface area contributed by atoms with Gasteiger partial charge in [-0.05, 0) is 65.6 Å². The molecule has 0 N–H and O–H groups in total. The van der Waals surface area contributed by atoms with Crippen molar-refractivity contribution in [2.45, 2.75) is 12.3 Å². The Morgan fingerprint density at radius 1 is 0.882 bits per heavy atom. The molecule has 2 heterocycles. The molecule has 5 aromatic rings. The van der Waals surface area contributed by atoms with Gasteiger partial charge in [0.05, 0.1) is 30.1 Å². The molecule has 170 valence electrons. The Labute approximate surface area is 208 Å². The van der Waals surface area contributed by atoms with Crippen molar-refractivity contribution < 1.29 is 4.74 Å². The molecule has 0 amide bonds. The van der Waals surface area contributed by atoms with Gasteiger partial charge in [0.2, 0.25) is 5.88 Å². The standard InChI is InChI=1S/C28H23Cl2N3O/c1-28(26-16-31-17-33(26)2,19-7-10-21(29)11-8-19)20-9-12-25-24(14-20)23(15-27(32-25)34-3)18-5-4-6-22(30)13-18/h4-17H,1-3H3. The number of fused-ring (bicyclic) bond motifs is 1. The highest BCUT2D eigenvalue weighted by Crippen LogP contribution is 2.41. The summed E-state index contributed by atoms with van der Waals surface area (Å²) < 4.78 is 7.56. The van der Waals surface area contributed by atoms with Gasteiger partial charge in [0, 0.05) is 34.7 Å². The van der Waals surface area contributed by atoms with Crippen molar-refractivity contribution in [2.24, 2.45) is 7.05 Å². The Kier molecular flexibility index (Phi) is 5.80. The van der Waals surface area contributed by atoms with E-state index in [9.17, 15) is 0 Å². The van der Waals surface area contributed by atoms with Crippen LogP contribution in [0, 0.1) is 0 Å². The second-order valence-corrected chi connectivity index (χ2v) is 9.35. The van der Waals surface area contributed by atoms with Crippen molar-refractivity contribution >= 4 is 34.1 Å². The molecular formula is C28H23Cl2N3O. The maximum atomic E-state index is 6.33. The van der Waals surface area contributed by atoms with E-state index in [2.05, 4.69) is 40.7 Å². The van der Waals surface area contributed by atoms with Crippen molar-refractivity contribution in [3.63, 3.8) is 0 Å². The second-order valence-electron chi connectivity index (χ2n) is 8.48. The molecule has 0 radical (unpaired) electrons. The van der Waals surface area contributed by atoms with E-state index in [1.165, 1.54) is 0 Å². The van der Waals surface area contributed by atoms with Gasteiger partial charge in [0.15, 0.2) is 0 Å². The fourth-order valence-corrected chi connectivity index (χ4v) is 4.91. The van der Waals surface area contributed by atoms with E-state index in [0.29, 0.717) is 15.9 Å². The predicted molar refractivity (Wildman–Crippen MR) is 139 cm³/mol. The molecule has 0 aliphatic rings. The molecule has 6 heteroatoms. The topological polar surface area (TPSA) is 39.9 Å². The monoisotopic (exact) mass is 487 g/mol. The van der Waals surface area contributed by atoms with E-state index in [4.69, 9.17) is 32.9 Å². The number of aryl methyl sites for hydroxylation is 1. The minimum atomic E-state index is -0.477. The summed E-state index contributed by atoms with van der Waals surface area (Å²) in [5, 5.41) is 2.40. The SMILES string of the molecule is COc1cc(-c2cccc(Cl)c2)c2cc(C(C)(c3ccc(Cl)cc3)c3cncn3C)ccc2n1. The van der Waals surface area contributed by atoms with Crippen LogP contribution in [0.5, 0.6) is 5.88 Å². The molecular weight excluding hydrogens is 465 g/mol. The first-order valence-corrected chi connectivity index (χ1v) is 11.6. The first kappa shape index (κ1) is 22.5.